The predicted molar refractivity (Wildman–Crippen MR) is 62.0 cm³/mol. The molecule has 82 valence electrons. The van der Waals surface area contributed by atoms with Crippen LogP contribution in [-0.4, -0.2) is 17.7 Å². The van der Waals surface area contributed by atoms with Crippen molar-refractivity contribution < 1.29 is 9.90 Å². The van der Waals surface area contributed by atoms with E-state index in [0.717, 1.165) is 11.1 Å². The smallest absolute Gasteiger partial charge is 0.411 e. The topological polar surface area (TPSA) is 40.5 Å². The number of hydrogen-bond donors (Lipinski definition) is 1. The summed E-state index contributed by atoms with van der Waals surface area (Å²) in [7, 11) is 0. The van der Waals surface area contributed by atoms with Gasteiger partial charge in [0.1, 0.15) is 0 Å². The van der Waals surface area contributed by atoms with Crippen molar-refractivity contribution in [2.45, 2.75) is 20.8 Å². The second-order valence-corrected chi connectivity index (χ2v) is 3.82. The number of carboxylic acid groups (broad SMARTS) is 1. The fraction of sp³-hybridized carbons (Fsp3) is 0.364. The summed E-state index contributed by atoms with van der Waals surface area (Å²) in [6.07, 6.45) is -0.984. The van der Waals surface area contributed by atoms with E-state index in [0.29, 0.717) is 17.3 Å². The van der Waals surface area contributed by atoms with Crippen molar-refractivity contribution in [2.24, 2.45) is 0 Å². The Morgan fingerprint density at radius 1 is 1.40 bits per heavy atom. The molecule has 0 aromatic heterocycles. The number of aryl methyl sites for hydroxylation is 2. The highest BCUT2D eigenvalue weighted by molar-refractivity contribution is 6.33. The third kappa shape index (κ3) is 2.42. The van der Waals surface area contributed by atoms with Crippen molar-refractivity contribution in [3.8, 4) is 0 Å². The maximum atomic E-state index is 10.9. The van der Waals surface area contributed by atoms with Crippen LogP contribution in [-0.2, 0) is 0 Å². The minimum atomic E-state index is -0.984. The van der Waals surface area contributed by atoms with Crippen molar-refractivity contribution in [2.75, 3.05) is 11.4 Å². The van der Waals surface area contributed by atoms with Gasteiger partial charge in [0.05, 0.1) is 10.7 Å². The summed E-state index contributed by atoms with van der Waals surface area (Å²) in [6, 6.07) is 3.59. The number of rotatable bonds is 2. The number of amides is 1. The van der Waals surface area contributed by atoms with Gasteiger partial charge in [0.2, 0.25) is 0 Å². The average molecular weight is 228 g/mol. The first-order valence-electron chi connectivity index (χ1n) is 4.74. The molecule has 0 spiro atoms. The highest BCUT2D eigenvalue weighted by Gasteiger charge is 2.15. The van der Waals surface area contributed by atoms with Crippen LogP contribution in [0.15, 0.2) is 12.1 Å². The van der Waals surface area contributed by atoms with E-state index in [-0.39, 0.29) is 0 Å². The molecular weight excluding hydrogens is 214 g/mol. The van der Waals surface area contributed by atoms with Crippen molar-refractivity contribution in [1.29, 1.82) is 0 Å². The maximum absolute atomic E-state index is 10.9. The minimum absolute atomic E-state index is 0.386. The van der Waals surface area contributed by atoms with Gasteiger partial charge in [0, 0.05) is 6.54 Å². The lowest BCUT2D eigenvalue weighted by molar-refractivity contribution is 0.202. The zero-order chi connectivity index (χ0) is 11.6. The van der Waals surface area contributed by atoms with E-state index in [1.807, 2.05) is 13.8 Å². The summed E-state index contributed by atoms with van der Waals surface area (Å²) in [5, 5.41) is 9.45. The first-order chi connectivity index (χ1) is 6.97. The third-order valence-electron chi connectivity index (χ3n) is 2.40. The van der Waals surface area contributed by atoms with Gasteiger partial charge in [-0.3, -0.25) is 4.90 Å². The molecule has 0 aliphatic heterocycles. The Balaban J connectivity index is 3.24. The third-order valence-corrected chi connectivity index (χ3v) is 2.70. The fourth-order valence-electron chi connectivity index (χ4n) is 1.38. The van der Waals surface area contributed by atoms with Crippen molar-refractivity contribution in [3.63, 3.8) is 0 Å². The highest BCUT2D eigenvalue weighted by Crippen LogP contribution is 2.29. The molecule has 0 saturated carbocycles. The van der Waals surface area contributed by atoms with Gasteiger partial charge in [0.15, 0.2) is 0 Å². The number of halogens is 1. The van der Waals surface area contributed by atoms with Crippen LogP contribution in [0.3, 0.4) is 0 Å². The Kier molecular flexibility index (Phi) is 3.58. The lowest BCUT2D eigenvalue weighted by Crippen LogP contribution is -2.29. The summed E-state index contributed by atoms with van der Waals surface area (Å²) in [5.74, 6) is 0. The van der Waals surface area contributed by atoms with Crippen LogP contribution >= 0.6 is 11.6 Å². The number of nitrogens with zero attached hydrogens (tertiary/aromatic N) is 1. The lowest BCUT2D eigenvalue weighted by atomic mass is 10.1. The van der Waals surface area contributed by atoms with Crippen LogP contribution in [0, 0.1) is 13.8 Å². The first kappa shape index (κ1) is 11.9. The molecular formula is C11H14ClNO2. The van der Waals surface area contributed by atoms with Gasteiger partial charge in [-0.2, -0.15) is 0 Å². The first-order valence-corrected chi connectivity index (χ1v) is 5.12. The number of benzene rings is 1. The zero-order valence-corrected chi connectivity index (χ0v) is 9.80. The second-order valence-electron chi connectivity index (χ2n) is 3.41. The summed E-state index contributed by atoms with van der Waals surface area (Å²) >= 11 is 6.01. The van der Waals surface area contributed by atoms with Crippen LogP contribution in [0.1, 0.15) is 18.1 Å². The Morgan fingerprint density at radius 2 is 1.93 bits per heavy atom. The lowest BCUT2D eigenvalue weighted by Gasteiger charge is -2.19. The zero-order valence-electron chi connectivity index (χ0n) is 9.04. The molecule has 0 aliphatic carbocycles. The Bertz CT molecular complexity index is 390. The quantitative estimate of drug-likeness (QED) is 0.841. The molecule has 1 aromatic rings. The van der Waals surface area contributed by atoms with Gasteiger partial charge in [-0.15, -0.1) is 0 Å². The molecule has 0 radical (unpaired) electrons. The molecule has 15 heavy (non-hydrogen) atoms. The fourth-order valence-corrected chi connectivity index (χ4v) is 1.70. The van der Waals surface area contributed by atoms with Gasteiger partial charge in [0.25, 0.3) is 0 Å². The average Bonchev–Trinajstić information content (AvgIpc) is 2.14. The Hall–Kier alpha value is -1.22. The molecule has 0 atom stereocenters. The predicted octanol–water partition coefficient (Wildman–Crippen LogP) is 3.46. The monoisotopic (exact) mass is 227 g/mol. The number of carbonyl (C=O) groups is 1. The highest BCUT2D eigenvalue weighted by atomic mass is 35.5. The van der Waals surface area contributed by atoms with Gasteiger partial charge in [-0.25, -0.2) is 4.79 Å². The second kappa shape index (κ2) is 4.53. The SMILES string of the molecule is CCN(C(=O)O)c1cc(C)c(C)cc1Cl. The van der Waals surface area contributed by atoms with Crippen molar-refractivity contribution in [3.05, 3.63) is 28.3 Å². The van der Waals surface area contributed by atoms with E-state index in [9.17, 15) is 4.79 Å². The summed E-state index contributed by atoms with van der Waals surface area (Å²) in [5.41, 5.74) is 2.65. The molecule has 0 unspecified atom stereocenters. The van der Waals surface area contributed by atoms with Crippen molar-refractivity contribution >= 4 is 23.4 Å². The molecule has 0 saturated heterocycles. The van der Waals surface area contributed by atoms with E-state index in [2.05, 4.69) is 0 Å². The van der Waals surface area contributed by atoms with E-state index in [1.54, 1.807) is 19.1 Å². The summed E-state index contributed by atoms with van der Waals surface area (Å²) in [6.45, 7) is 6.05. The van der Waals surface area contributed by atoms with E-state index in [4.69, 9.17) is 16.7 Å². The normalized spacial score (nSPS) is 10.1. The standard InChI is InChI=1S/C11H14ClNO2/c1-4-13(11(14)15)10-6-8(3)7(2)5-9(10)12/h5-6H,4H2,1-3H3,(H,14,15). The molecule has 1 rings (SSSR count). The van der Waals surface area contributed by atoms with Crippen LogP contribution < -0.4 is 4.90 Å². The number of anilines is 1. The molecule has 0 heterocycles. The molecule has 4 heteroatoms. The molecule has 0 fully saturated rings. The molecule has 1 N–H and O–H groups in total. The Morgan fingerprint density at radius 3 is 2.40 bits per heavy atom. The maximum Gasteiger partial charge on any atom is 0.411 e. The van der Waals surface area contributed by atoms with Crippen LogP contribution in [0.25, 0.3) is 0 Å². The minimum Gasteiger partial charge on any atom is -0.465 e. The van der Waals surface area contributed by atoms with Gasteiger partial charge < -0.3 is 5.11 Å². The molecule has 1 aromatic carbocycles. The molecule has 0 aliphatic rings. The molecule has 1 amide bonds. The van der Waals surface area contributed by atoms with Crippen LogP contribution in [0.2, 0.25) is 5.02 Å². The molecule has 3 nitrogen and oxygen atoms in total. The Labute approximate surface area is 94.3 Å². The number of hydrogen-bond acceptors (Lipinski definition) is 1. The van der Waals surface area contributed by atoms with E-state index < -0.39 is 6.09 Å². The van der Waals surface area contributed by atoms with Crippen LogP contribution in [0.5, 0.6) is 0 Å². The summed E-state index contributed by atoms with van der Waals surface area (Å²) in [4.78, 5) is 12.2. The van der Waals surface area contributed by atoms with Crippen LogP contribution in [0.4, 0.5) is 10.5 Å². The van der Waals surface area contributed by atoms with Crippen molar-refractivity contribution in [1.82, 2.24) is 0 Å². The largest absolute Gasteiger partial charge is 0.465 e. The summed E-state index contributed by atoms with van der Waals surface area (Å²) < 4.78 is 0. The molecule has 0 bridgehead atoms. The van der Waals surface area contributed by atoms with E-state index >= 15 is 0 Å². The van der Waals surface area contributed by atoms with Gasteiger partial charge in [-0.1, -0.05) is 11.6 Å². The van der Waals surface area contributed by atoms with Gasteiger partial charge >= 0.3 is 6.09 Å². The van der Waals surface area contributed by atoms with Gasteiger partial charge in [-0.05, 0) is 44.0 Å². The van der Waals surface area contributed by atoms with E-state index in [1.165, 1.54) is 4.90 Å².